The van der Waals surface area contributed by atoms with Gasteiger partial charge in [-0.05, 0) is 42.8 Å². The lowest BCUT2D eigenvalue weighted by molar-refractivity contribution is 0.0947. The molecule has 5 rings (SSSR count). The first kappa shape index (κ1) is 17.9. The molecule has 150 valence electrons. The standard InChI is InChI=1S/C21H17N5O4/c1-13-7-9-25(14-5-6-15-16(10-14)30-12-29-15)21(28)19(13)20(27)22-11-18-24-23-17-4-2-3-8-26(17)18/h2-10H,11-12H2,1H3,(H,22,27). The van der Waals surface area contributed by atoms with Crippen LogP contribution in [0, 0.1) is 6.92 Å². The Kier molecular flexibility index (Phi) is 4.20. The van der Waals surface area contributed by atoms with E-state index in [-0.39, 0.29) is 18.9 Å². The molecule has 1 N–H and O–H groups in total. The fourth-order valence-electron chi connectivity index (χ4n) is 3.40. The summed E-state index contributed by atoms with van der Waals surface area (Å²) in [5, 5.41) is 10.9. The molecule has 1 aromatic carbocycles. The van der Waals surface area contributed by atoms with Crippen LogP contribution in [0.15, 0.2) is 59.7 Å². The number of aromatic nitrogens is 4. The van der Waals surface area contributed by atoms with Crippen LogP contribution in [0.1, 0.15) is 21.7 Å². The van der Waals surface area contributed by atoms with E-state index in [1.54, 1.807) is 41.8 Å². The van der Waals surface area contributed by atoms with Crippen LogP contribution in [0.5, 0.6) is 11.5 Å². The Labute approximate surface area is 170 Å². The Morgan fingerprint density at radius 3 is 2.87 bits per heavy atom. The van der Waals surface area contributed by atoms with Crippen molar-refractivity contribution in [3.05, 3.63) is 82.2 Å². The van der Waals surface area contributed by atoms with Crippen LogP contribution >= 0.6 is 0 Å². The van der Waals surface area contributed by atoms with Gasteiger partial charge in [0.05, 0.1) is 12.2 Å². The molecule has 9 heteroatoms. The van der Waals surface area contributed by atoms with Gasteiger partial charge in [-0.25, -0.2) is 0 Å². The van der Waals surface area contributed by atoms with Crippen LogP contribution < -0.4 is 20.3 Å². The summed E-state index contributed by atoms with van der Waals surface area (Å²) in [4.78, 5) is 26.0. The summed E-state index contributed by atoms with van der Waals surface area (Å²) < 4.78 is 13.9. The highest BCUT2D eigenvalue weighted by Gasteiger charge is 2.19. The van der Waals surface area contributed by atoms with Crippen molar-refractivity contribution in [2.75, 3.05) is 6.79 Å². The normalized spacial score (nSPS) is 12.3. The summed E-state index contributed by atoms with van der Waals surface area (Å²) in [6, 6.07) is 12.5. The van der Waals surface area contributed by atoms with Gasteiger partial charge in [0.1, 0.15) is 5.56 Å². The molecule has 30 heavy (non-hydrogen) atoms. The molecular weight excluding hydrogens is 386 g/mol. The summed E-state index contributed by atoms with van der Waals surface area (Å²) >= 11 is 0. The highest BCUT2D eigenvalue weighted by molar-refractivity contribution is 5.95. The van der Waals surface area contributed by atoms with Gasteiger partial charge in [0.15, 0.2) is 23.0 Å². The van der Waals surface area contributed by atoms with E-state index in [1.165, 1.54) is 4.57 Å². The first-order valence-electron chi connectivity index (χ1n) is 9.31. The third-order valence-corrected chi connectivity index (χ3v) is 4.95. The lowest BCUT2D eigenvalue weighted by atomic mass is 10.1. The van der Waals surface area contributed by atoms with E-state index in [0.29, 0.717) is 34.2 Å². The van der Waals surface area contributed by atoms with Crippen molar-refractivity contribution in [2.45, 2.75) is 13.5 Å². The average molecular weight is 403 g/mol. The van der Waals surface area contributed by atoms with Gasteiger partial charge in [0.2, 0.25) is 6.79 Å². The fourth-order valence-corrected chi connectivity index (χ4v) is 3.40. The molecule has 0 fully saturated rings. The van der Waals surface area contributed by atoms with Gasteiger partial charge in [-0.15, -0.1) is 10.2 Å². The predicted molar refractivity (Wildman–Crippen MR) is 107 cm³/mol. The zero-order valence-corrected chi connectivity index (χ0v) is 16.0. The molecule has 0 saturated carbocycles. The molecule has 3 aromatic heterocycles. The number of benzene rings is 1. The Bertz CT molecular complexity index is 1340. The number of pyridine rings is 2. The third-order valence-electron chi connectivity index (χ3n) is 4.95. The van der Waals surface area contributed by atoms with Crippen molar-refractivity contribution in [3.8, 4) is 17.2 Å². The molecule has 0 saturated heterocycles. The minimum absolute atomic E-state index is 0.0731. The number of ether oxygens (including phenoxy) is 2. The van der Waals surface area contributed by atoms with Gasteiger partial charge in [-0.3, -0.25) is 18.6 Å². The summed E-state index contributed by atoms with van der Waals surface area (Å²) in [5.41, 5.74) is 1.51. The summed E-state index contributed by atoms with van der Waals surface area (Å²) in [7, 11) is 0. The fraction of sp³-hybridized carbons (Fsp3) is 0.143. The van der Waals surface area contributed by atoms with Crippen LogP contribution in [0.4, 0.5) is 0 Å². The number of amides is 1. The molecule has 0 spiro atoms. The largest absolute Gasteiger partial charge is 0.454 e. The van der Waals surface area contributed by atoms with E-state index >= 15 is 0 Å². The number of aryl methyl sites for hydroxylation is 1. The predicted octanol–water partition coefficient (Wildman–Crippen LogP) is 1.85. The van der Waals surface area contributed by atoms with Gasteiger partial charge >= 0.3 is 0 Å². The van der Waals surface area contributed by atoms with Gasteiger partial charge in [-0.1, -0.05) is 6.07 Å². The maximum Gasteiger partial charge on any atom is 0.268 e. The Balaban J connectivity index is 1.44. The van der Waals surface area contributed by atoms with Crippen molar-refractivity contribution in [3.63, 3.8) is 0 Å². The van der Waals surface area contributed by atoms with E-state index in [0.717, 1.165) is 0 Å². The first-order valence-corrected chi connectivity index (χ1v) is 9.31. The number of carbonyl (C=O) groups excluding carboxylic acids is 1. The third kappa shape index (κ3) is 2.96. The highest BCUT2D eigenvalue weighted by atomic mass is 16.7. The van der Waals surface area contributed by atoms with E-state index in [4.69, 9.17) is 9.47 Å². The monoisotopic (exact) mass is 403 g/mol. The molecule has 0 atom stereocenters. The summed E-state index contributed by atoms with van der Waals surface area (Å²) in [6.07, 6.45) is 3.45. The van der Waals surface area contributed by atoms with Crippen LogP contribution in [-0.4, -0.2) is 31.9 Å². The molecule has 9 nitrogen and oxygen atoms in total. The minimum atomic E-state index is -0.472. The Morgan fingerprint density at radius 1 is 1.10 bits per heavy atom. The average Bonchev–Trinajstić information content (AvgIpc) is 3.38. The van der Waals surface area contributed by atoms with E-state index in [9.17, 15) is 9.59 Å². The van der Waals surface area contributed by atoms with Gasteiger partial charge in [-0.2, -0.15) is 0 Å². The smallest absolute Gasteiger partial charge is 0.268 e. The number of carbonyl (C=O) groups is 1. The van der Waals surface area contributed by atoms with Crippen LogP contribution in [0.2, 0.25) is 0 Å². The molecule has 0 aliphatic carbocycles. The SMILES string of the molecule is Cc1ccn(-c2ccc3c(c2)OCO3)c(=O)c1C(=O)NCc1nnc2ccccn12. The molecule has 0 radical (unpaired) electrons. The maximum absolute atomic E-state index is 13.1. The first-order chi connectivity index (χ1) is 14.6. The lowest BCUT2D eigenvalue weighted by Crippen LogP contribution is -2.33. The number of fused-ring (bicyclic) bond motifs is 2. The lowest BCUT2D eigenvalue weighted by Gasteiger charge is -2.11. The highest BCUT2D eigenvalue weighted by Crippen LogP contribution is 2.33. The van der Waals surface area contributed by atoms with Crippen LogP contribution in [-0.2, 0) is 6.54 Å². The van der Waals surface area contributed by atoms with E-state index in [1.807, 2.05) is 24.4 Å². The second-order valence-electron chi connectivity index (χ2n) is 6.81. The van der Waals surface area contributed by atoms with E-state index in [2.05, 4.69) is 15.5 Å². The van der Waals surface area contributed by atoms with Crippen molar-refractivity contribution in [2.24, 2.45) is 0 Å². The van der Waals surface area contributed by atoms with Crippen LogP contribution in [0.25, 0.3) is 11.3 Å². The minimum Gasteiger partial charge on any atom is -0.454 e. The van der Waals surface area contributed by atoms with Gasteiger partial charge < -0.3 is 14.8 Å². The molecule has 0 unspecified atom stereocenters. The van der Waals surface area contributed by atoms with Gasteiger partial charge in [0, 0.05) is 18.5 Å². The molecule has 1 aliphatic heterocycles. The molecule has 4 heterocycles. The van der Waals surface area contributed by atoms with E-state index < -0.39 is 11.5 Å². The van der Waals surface area contributed by atoms with Crippen LogP contribution in [0.3, 0.4) is 0 Å². The molecule has 1 amide bonds. The van der Waals surface area contributed by atoms with Crippen molar-refractivity contribution in [1.29, 1.82) is 0 Å². The molecule has 0 bridgehead atoms. The zero-order chi connectivity index (χ0) is 20.7. The molecule has 4 aromatic rings. The molecular formula is C21H17N5O4. The van der Waals surface area contributed by atoms with Gasteiger partial charge in [0.25, 0.3) is 11.5 Å². The number of nitrogens with one attached hydrogen (secondary N) is 1. The van der Waals surface area contributed by atoms with Crippen molar-refractivity contribution in [1.82, 2.24) is 24.5 Å². The quantitative estimate of drug-likeness (QED) is 0.558. The Morgan fingerprint density at radius 2 is 1.97 bits per heavy atom. The maximum atomic E-state index is 13.1. The number of hydrogen-bond acceptors (Lipinski definition) is 6. The number of hydrogen-bond donors (Lipinski definition) is 1. The van der Waals surface area contributed by atoms with Crippen molar-refractivity contribution >= 4 is 11.6 Å². The number of nitrogens with zero attached hydrogens (tertiary/aromatic N) is 4. The Hall–Kier alpha value is -4.14. The second-order valence-corrected chi connectivity index (χ2v) is 6.81. The summed E-state index contributed by atoms with van der Waals surface area (Å²) in [5.74, 6) is 1.28. The summed E-state index contributed by atoms with van der Waals surface area (Å²) in [6.45, 7) is 2.02. The topological polar surface area (TPSA) is 99.8 Å². The van der Waals surface area contributed by atoms with Crippen molar-refractivity contribution < 1.29 is 14.3 Å². The zero-order valence-electron chi connectivity index (χ0n) is 16.0. The number of rotatable bonds is 4. The molecule has 1 aliphatic rings. The second kappa shape index (κ2) is 7.03.